The number of hydrogen-bond acceptors (Lipinski definition) is 4. The molecule has 2 aliphatic heterocycles. The van der Waals surface area contributed by atoms with Gasteiger partial charge in [-0.05, 0) is 25.3 Å². The van der Waals surface area contributed by atoms with Crippen LogP contribution in [0.15, 0.2) is 40.3 Å². The van der Waals surface area contributed by atoms with Crippen LogP contribution in [0.4, 0.5) is 0 Å². The summed E-state index contributed by atoms with van der Waals surface area (Å²) in [4.78, 5) is 16.7. The Labute approximate surface area is 161 Å². The van der Waals surface area contributed by atoms with E-state index in [0.29, 0.717) is 43.2 Å². The number of carbonyl (C=O) groups is 1. The van der Waals surface area contributed by atoms with Gasteiger partial charge in [0.25, 0.3) is 10.0 Å². The average molecular weight is 390 g/mol. The van der Waals surface area contributed by atoms with E-state index in [4.69, 9.17) is 0 Å². The summed E-state index contributed by atoms with van der Waals surface area (Å²) in [6.07, 6.45) is 1.63. The zero-order valence-electron chi connectivity index (χ0n) is 16.2. The van der Waals surface area contributed by atoms with Gasteiger partial charge in [0.2, 0.25) is 5.91 Å². The number of carbonyl (C=O) groups excluding carboxylic acids is 1. The minimum Gasteiger partial charge on any atom is -0.354 e. The zero-order chi connectivity index (χ0) is 19.6. The maximum atomic E-state index is 12.7. The Bertz CT molecular complexity index is 875. The summed E-state index contributed by atoms with van der Waals surface area (Å²) < 4.78 is 29.4. The first-order valence-electron chi connectivity index (χ1n) is 9.50. The number of rotatable bonds is 3. The molecular weight excluding hydrogens is 362 g/mol. The van der Waals surface area contributed by atoms with Crippen molar-refractivity contribution in [2.75, 3.05) is 26.2 Å². The molecule has 0 N–H and O–H groups in total. The number of nitrogens with zero attached hydrogens (tertiary/aromatic N) is 3. The molecule has 1 amide bonds. The summed E-state index contributed by atoms with van der Waals surface area (Å²) in [7, 11) is -3.70. The molecule has 0 spiro atoms. The summed E-state index contributed by atoms with van der Waals surface area (Å²) >= 11 is 0. The summed E-state index contributed by atoms with van der Waals surface area (Å²) in [5.41, 5.74) is 1.35. The monoisotopic (exact) mass is 389 g/mol. The van der Waals surface area contributed by atoms with Crippen LogP contribution < -0.4 is 0 Å². The van der Waals surface area contributed by atoms with E-state index in [1.165, 1.54) is 0 Å². The molecule has 1 aromatic rings. The van der Waals surface area contributed by atoms with E-state index in [2.05, 4.69) is 4.40 Å². The van der Waals surface area contributed by atoms with Gasteiger partial charge < -0.3 is 9.80 Å². The van der Waals surface area contributed by atoms with Crippen molar-refractivity contribution in [2.45, 2.75) is 33.6 Å². The van der Waals surface area contributed by atoms with E-state index in [1.54, 1.807) is 12.1 Å². The highest BCUT2D eigenvalue weighted by Crippen LogP contribution is 2.33. The van der Waals surface area contributed by atoms with Gasteiger partial charge in [0.05, 0.1) is 0 Å². The molecule has 1 saturated heterocycles. The fraction of sp³-hybridized carbons (Fsp3) is 0.500. The second kappa shape index (κ2) is 7.84. The summed E-state index contributed by atoms with van der Waals surface area (Å²) in [6.45, 7) is 8.37. The van der Waals surface area contributed by atoms with Crippen molar-refractivity contribution < 1.29 is 13.2 Å². The van der Waals surface area contributed by atoms with Crippen LogP contribution >= 0.6 is 0 Å². The van der Waals surface area contributed by atoms with Crippen molar-refractivity contribution >= 4 is 26.7 Å². The van der Waals surface area contributed by atoms with Gasteiger partial charge in [0.15, 0.2) is 0 Å². The third kappa shape index (κ3) is 3.93. The Morgan fingerprint density at radius 3 is 2.52 bits per heavy atom. The van der Waals surface area contributed by atoms with Gasteiger partial charge in [-0.1, -0.05) is 44.2 Å². The Morgan fingerprint density at radius 2 is 1.85 bits per heavy atom. The molecule has 0 aromatic heterocycles. The number of amides is 1. The van der Waals surface area contributed by atoms with Crippen LogP contribution in [0.25, 0.3) is 4.91 Å². The summed E-state index contributed by atoms with van der Waals surface area (Å²) in [6, 6.07) is 9.11. The van der Waals surface area contributed by atoms with Crippen LogP contribution in [0.1, 0.15) is 39.2 Å². The second-order valence-electron chi connectivity index (χ2n) is 7.19. The van der Waals surface area contributed by atoms with E-state index in [1.807, 2.05) is 48.8 Å². The molecule has 2 heterocycles. The zero-order valence-corrected chi connectivity index (χ0v) is 17.0. The fourth-order valence-corrected chi connectivity index (χ4v) is 5.09. The molecular formula is C20H27N3O3S. The van der Waals surface area contributed by atoms with Gasteiger partial charge in [-0.2, -0.15) is 8.42 Å². The van der Waals surface area contributed by atoms with Gasteiger partial charge in [-0.3, -0.25) is 4.79 Å². The number of hydrogen-bond donors (Lipinski definition) is 0. The van der Waals surface area contributed by atoms with Crippen molar-refractivity contribution in [2.24, 2.45) is 10.3 Å². The Hall–Kier alpha value is -2.15. The molecule has 0 aliphatic carbocycles. The number of sulfonamides is 1. The normalized spacial score (nSPS) is 21.1. The second-order valence-corrected chi connectivity index (χ2v) is 8.73. The maximum Gasteiger partial charge on any atom is 0.285 e. The molecule has 7 heteroatoms. The number of amidine groups is 1. The fourth-order valence-electron chi connectivity index (χ4n) is 3.61. The molecule has 1 fully saturated rings. The Morgan fingerprint density at radius 1 is 1.15 bits per heavy atom. The molecule has 1 aromatic carbocycles. The van der Waals surface area contributed by atoms with Crippen molar-refractivity contribution in [3.8, 4) is 0 Å². The minimum absolute atomic E-state index is 0.0204. The predicted molar refractivity (Wildman–Crippen MR) is 108 cm³/mol. The van der Waals surface area contributed by atoms with E-state index in [-0.39, 0.29) is 16.7 Å². The van der Waals surface area contributed by atoms with Crippen LogP contribution in [0.3, 0.4) is 0 Å². The minimum atomic E-state index is -3.70. The third-order valence-corrected chi connectivity index (χ3v) is 6.79. The molecule has 2 aliphatic rings. The van der Waals surface area contributed by atoms with Crippen LogP contribution in [0.5, 0.6) is 0 Å². The molecule has 0 unspecified atom stereocenters. The van der Waals surface area contributed by atoms with Crippen molar-refractivity contribution in [1.29, 1.82) is 0 Å². The smallest absolute Gasteiger partial charge is 0.285 e. The van der Waals surface area contributed by atoms with Gasteiger partial charge in [-0.25, -0.2) is 0 Å². The molecule has 0 radical (unpaired) electrons. The number of benzene rings is 1. The maximum absolute atomic E-state index is 12.7. The van der Waals surface area contributed by atoms with Crippen molar-refractivity contribution in [1.82, 2.24) is 9.80 Å². The lowest BCUT2D eigenvalue weighted by Crippen LogP contribution is -2.39. The van der Waals surface area contributed by atoms with Crippen molar-refractivity contribution in [3.05, 3.63) is 41.5 Å². The Balaban J connectivity index is 1.83. The highest BCUT2D eigenvalue weighted by atomic mass is 32.2. The lowest BCUT2D eigenvalue weighted by Gasteiger charge is -2.25. The van der Waals surface area contributed by atoms with Crippen LogP contribution in [-0.4, -0.2) is 56.1 Å². The molecule has 146 valence electrons. The third-order valence-electron chi connectivity index (χ3n) is 5.32. The van der Waals surface area contributed by atoms with Gasteiger partial charge in [-0.15, -0.1) is 4.40 Å². The van der Waals surface area contributed by atoms with Crippen LogP contribution in [0.2, 0.25) is 0 Å². The molecule has 0 saturated carbocycles. The lowest BCUT2D eigenvalue weighted by atomic mass is 10.1. The molecule has 0 bridgehead atoms. The highest BCUT2D eigenvalue weighted by Gasteiger charge is 2.34. The first kappa shape index (κ1) is 19.6. The Kier molecular flexibility index (Phi) is 5.69. The van der Waals surface area contributed by atoms with E-state index < -0.39 is 10.0 Å². The largest absolute Gasteiger partial charge is 0.354 e. The van der Waals surface area contributed by atoms with E-state index in [9.17, 15) is 13.2 Å². The molecule has 3 rings (SSSR count). The van der Waals surface area contributed by atoms with Crippen LogP contribution in [-0.2, 0) is 14.8 Å². The standard InChI is InChI=1S/C20H27N3O3S/c1-4-15(2)20(24)23-12-8-11-22(13-14-23)19-16(3)18(27(25,26)21-19)17-9-6-5-7-10-17/h5-7,9-10,15H,4,8,11-14H2,1-3H3/t15-/m0/s1. The summed E-state index contributed by atoms with van der Waals surface area (Å²) in [5.74, 6) is 0.719. The van der Waals surface area contributed by atoms with Gasteiger partial charge >= 0.3 is 0 Å². The SMILES string of the molecule is CC[C@H](C)C(=O)N1CCCN(C2=NS(=O)(=O)C(c3ccccc3)=C2C)CC1. The highest BCUT2D eigenvalue weighted by molar-refractivity contribution is 8.00. The molecule has 6 nitrogen and oxygen atoms in total. The van der Waals surface area contributed by atoms with E-state index in [0.717, 1.165) is 12.8 Å². The van der Waals surface area contributed by atoms with E-state index >= 15 is 0 Å². The first-order valence-corrected chi connectivity index (χ1v) is 10.9. The topological polar surface area (TPSA) is 70.1 Å². The molecule has 27 heavy (non-hydrogen) atoms. The van der Waals surface area contributed by atoms with Gasteiger partial charge in [0, 0.05) is 37.7 Å². The first-order chi connectivity index (χ1) is 12.8. The predicted octanol–water partition coefficient (Wildman–Crippen LogP) is 2.74. The van der Waals surface area contributed by atoms with Crippen molar-refractivity contribution in [3.63, 3.8) is 0 Å². The lowest BCUT2D eigenvalue weighted by molar-refractivity contribution is -0.134. The van der Waals surface area contributed by atoms with Gasteiger partial charge in [0.1, 0.15) is 10.7 Å². The van der Waals surface area contributed by atoms with Crippen LogP contribution in [0, 0.1) is 5.92 Å². The summed E-state index contributed by atoms with van der Waals surface area (Å²) in [5, 5.41) is 0. The average Bonchev–Trinajstić information content (AvgIpc) is 2.82. The quantitative estimate of drug-likeness (QED) is 0.797. The molecule has 1 atom stereocenters.